The first-order chi connectivity index (χ1) is 5.97. The zero-order chi connectivity index (χ0) is 8.23. The Morgan fingerprint density at radius 3 is 2.67 bits per heavy atom. The maximum Gasteiger partial charge on any atom is 0.0202 e. The third kappa shape index (κ3) is 1.67. The molecular weight excluding hydrogens is 146 g/mol. The van der Waals surface area contributed by atoms with Gasteiger partial charge in [0.05, 0.1) is 0 Å². The molecule has 12 heavy (non-hydrogen) atoms. The van der Waals surface area contributed by atoms with Gasteiger partial charge in [0.25, 0.3) is 0 Å². The summed E-state index contributed by atoms with van der Waals surface area (Å²) in [6.07, 6.45) is 2.58. The summed E-state index contributed by atoms with van der Waals surface area (Å²) >= 11 is 0. The molecule has 1 fully saturated rings. The van der Waals surface area contributed by atoms with Crippen molar-refractivity contribution in [2.75, 3.05) is 13.1 Å². The Kier molecular flexibility index (Phi) is 2.42. The van der Waals surface area contributed by atoms with Gasteiger partial charge in [-0.2, -0.15) is 0 Å². The Morgan fingerprint density at radius 1 is 1.17 bits per heavy atom. The highest BCUT2D eigenvalue weighted by molar-refractivity contribution is 5.20. The lowest BCUT2D eigenvalue weighted by atomic mass is 9.92. The van der Waals surface area contributed by atoms with Gasteiger partial charge in [-0.15, -0.1) is 0 Å². The van der Waals surface area contributed by atoms with Crippen LogP contribution in [0.25, 0.3) is 0 Å². The molecule has 1 saturated heterocycles. The summed E-state index contributed by atoms with van der Waals surface area (Å²) in [6.45, 7) is 2.10. The average molecular weight is 160 g/mol. The SMILES string of the molecule is c1ccc(C2CCC[N]C2)cc1. The van der Waals surface area contributed by atoms with E-state index in [2.05, 4.69) is 35.6 Å². The van der Waals surface area contributed by atoms with Gasteiger partial charge in [0.15, 0.2) is 0 Å². The molecular formula is C11H14N. The summed E-state index contributed by atoms with van der Waals surface area (Å²) in [5.74, 6) is 0.694. The van der Waals surface area contributed by atoms with Crippen molar-refractivity contribution in [2.45, 2.75) is 18.8 Å². The molecule has 1 unspecified atom stereocenters. The fraction of sp³-hybridized carbons (Fsp3) is 0.455. The molecule has 0 bridgehead atoms. The highest BCUT2D eigenvalue weighted by atomic mass is 14.9. The standard InChI is InChI=1S/C11H14N/c1-2-5-10(6-3-1)11-7-4-8-12-9-11/h1-3,5-6,11H,4,7-9H2. The minimum absolute atomic E-state index is 0.694. The van der Waals surface area contributed by atoms with Crippen molar-refractivity contribution in [3.63, 3.8) is 0 Å². The molecule has 1 heteroatoms. The molecule has 1 radical (unpaired) electrons. The Morgan fingerprint density at radius 2 is 2.00 bits per heavy atom. The molecule has 1 aliphatic heterocycles. The van der Waals surface area contributed by atoms with E-state index >= 15 is 0 Å². The van der Waals surface area contributed by atoms with Crippen LogP contribution in [0.1, 0.15) is 24.3 Å². The lowest BCUT2D eigenvalue weighted by molar-refractivity contribution is 0.454. The van der Waals surface area contributed by atoms with Crippen molar-refractivity contribution in [3.8, 4) is 0 Å². The first kappa shape index (κ1) is 7.81. The third-order valence-corrected chi connectivity index (χ3v) is 2.49. The van der Waals surface area contributed by atoms with Crippen LogP contribution in [0, 0.1) is 0 Å². The zero-order valence-electron chi connectivity index (χ0n) is 7.24. The summed E-state index contributed by atoms with van der Waals surface area (Å²) in [4.78, 5) is 0. The molecule has 1 atom stereocenters. The molecule has 1 heterocycles. The molecule has 0 amide bonds. The molecule has 0 aliphatic carbocycles. The minimum Gasteiger partial charge on any atom is -0.241 e. The maximum atomic E-state index is 4.43. The predicted molar refractivity (Wildman–Crippen MR) is 50.3 cm³/mol. The molecule has 1 aromatic carbocycles. The number of nitrogens with zero attached hydrogens (tertiary/aromatic N) is 1. The Bertz CT molecular complexity index is 224. The summed E-state index contributed by atoms with van der Waals surface area (Å²) < 4.78 is 0. The van der Waals surface area contributed by atoms with Gasteiger partial charge in [-0.25, -0.2) is 5.32 Å². The lowest BCUT2D eigenvalue weighted by Crippen LogP contribution is -2.22. The summed E-state index contributed by atoms with van der Waals surface area (Å²) in [7, 11) is 0. The van der Waals surface area contributed by atoms with Gasteiger partial charge in [0.2, 0.25) is 0 Å². The molecule has 1 aromatic rings. The van der Waals surface area contributed by atoms with Crippen LogP contribution in [0.2, 0.25) is 0 Å². The first-order valence-electron chi connectivity index (χ1n) is 4.65. The second-order valence-corrected chi connectivity index (χ2v) is 3.38. The smallest absolute Gasteiger partial charge is 0.0202 e. The van der Waals surface area contributed by atoms with Crippen molar-refractivity contribution in [1.82, 2.24) is 5.32 Å². The first-order valence-corrected chi connectivity index (χ1v) is 4.65. The van der Waals surface area contributed by atoms with Crippen LogP contribution in [0.15, 0.2) is 30.3 Å². The van der Waals surface area contributed by atoms with E-state index < -0.39 is 0 Å². The van der Waals surface area contributed by atoms with Gasteiger partial charge in [0.1, 0.15) is 0 Å². The van der Waals surface area contributed by atoms with Crippen LogP contribution in [0.4, 0.5) is 0 Å². The van der Waals surface area contributed by atoms with E-state index in [-0.39, 0.29) is 0 Å². The molecule has 0 saturated carbocycles. The van der Waals surface area contributed by atoms with Gasteiger partial charge in [-0.05, 0) is 24.3 Å². The highest BCUT2D eigenvalue weighted by Gasteiger charge is 2.14. The van der Waals surface area contributed by atoms with Crippen LogP contribution < -0.4 is 5.32 Å². The summed E-state index contributed by atoms with van der Waals surface area (Å²) in [5.41, 5.74) is 1.46. The van der Waals surface area contributed by atoms with Gasteiger partial charge >= 0.3 is 0 Å². The zero-order valence-corrected chi connectivity index (χ0v) is 7.24. The fourth-order valence-corrected chi connectivity index (χ4v) is 1.79. The van der Waals surface area contributed by atoms with Crippen LogP contribution >= 0.6 is 0 Å². The van der Waals surface area contributed by atoms with E-state index in [4.69, 9.17) is 0 Å². The summed E-state index contributed by atoms with van der Waals surface area (Å²) in [6, 6.07) is 10.7. The molecule has 2 rings (SSSR count). The molecule has 0 N–H and O–H groups in total. The number of rotatable bonds is 1. The molecule has 1 nitrogen and oxygen atoms in total. The Hall–Kier alpha value is -0.820. The Balaban J connectivity index is 2.08. The van der Waals surface area contributed by atoms with Gasteiger partial charge in [-0.3, -0.25) is 0 Å². The number of hydrogen-bond donors (Lipinski definition) is 0. The van der Waals surface area contributed by atoms with E-state index in [0.717, 1.165) is 13.1 Å². The van der Waals surface area contributed by atoms with E-state index in [9.17, 15) is 0 Å². The van der Waals surface area contributed by atoms with Gasteiger partial charge < -0.3 is 0 Å². The van der Waals surface area contributed by atoms with Crippen LogP contribution in [-0.2, 0) is 0 Å². The molecule has 1 aliphatic rings. The van der Waals surface area contributed by atoms with E-state index in [1.165, 1.54) is 18.4 Å². The number of benzene rings is 1. The number of hydrogen-bond acceptors (Lipinski definition) is 0. The second-order valence-electron chi connectivity index (χ2n) is 3.38. The minimum atomic E-state index is 0.694. The Labute approximate surface area is 73.8 Å². The van der Waals surface area contributed by atoms with Crippen molar-refractivity contribution < 1.29 is 0 Å². The quantitative estimate of drug-likeness (QED) is 0.597. The van der Waals surface area contributed by atoms with Crippen molar-refractivity contribution in [3.05, 3.63) is 35.9 Å². The average Bonchev–Trinajstić information content (AvgIpc) is 2.21. The van der Waals surface area contributed by atoms with Crippen molar-refractivity contribution >= 4 is 0 Å². The van der Waals surface area contributed by atoms with E-state index in [1.807, 2.05) is 0 Å². The second kappa shape index (κ2) is 3.72. The van der Waals surface area contributed by atoms with Crippen LogP contribution in [-0.4, -0.2) is 13.1 Å². The van der Waals surface area contributed by atoms with E-state index in [0.29, 0.717) is 5.92 Å². The maximum absolute atomic E-state index is 4.43. The molecule has 0 spiro atoms. The fourth-order valence-electron chi connectivity index (χ4n) is 1.79. The normalized spacial score (nSPS) is 23.8. The number of piperidine rings is 1. The topological polar surface area (TPSA) is 14.1 Å². The van der Waals surface area contributed by atoms with Crippen LogP contribution in [0.3, 0.4) is 0 Å². The van der Waals surface area contributed by atoms with Gasteiger partial charge in [-0.1, -0.05) is 30.3 Å². The summed E-state index contributed by atoms with van der Waals surface area (Å²) in [5, 5.41) is 4.43. The lowest BCUT2D eigenvalue weighted by Gasteiger charge is -2.21. The van der Waals surface area contributed by atoms with Crippen molar-refractivity contribution in [2.24, 2.45) is 0 Å². The largest absolute Gasteiger partial charge is 0.241 e. The van der Waals surface area contributed by atoms with E-state index in [1.54, 1.807) is 0 Å². The van der Waals surface area contributed by atoms with Gasteiger partial charge in [0, 0.05) is 13.1 Å². The predicted octanol–water partition coefficient (Wildman–Crippen LogP) is 2.17. The monoisotopic (exact) mass is 160 g/mol. The van der Waals surface area contributed by atoms with Crippen molar-refractivity contribution in [1.29, 1.82) is 0 Å². The van der Waals surface area contributed by atoms with Crippen LogP contribution in [0.5, 0.6) is 0 Å². The highest BCUT2D eigenvalue weighted by Crippen LogP contribution is 2.22. The third-order valence-electron chi connectivity index (χ3n) is 2.49. The molecule has 63 valence electrons. The molecule has 0 aromatic heterocycles.